The molecule has 0 radical (unpaired) electrons. The van der Waals surface area contributed by atoms with Gasteiger partial charge in [0.15, 0.2) is 5.13 Å². The monoisotopic (exact) mass is 368 g/mol. The van der Waals surface area contributed by atoms with Crippen molar-refractivity contribution in [2.75, 3.05) is 19.5 Å². The summed E-state index contributed by atoms with van der Waals surface area (Å²) >= 11 is 1.52. The fraction of sp³-hybridized carbons (Fsp3) is 0.200. The van der Waals surface area contributed by atoms with Gasteiger partial charge in [-0.15, -0.1) is 11.3 Å². The minimum Gasteiger partial charge on any atom is -0.497 e. The molecular formula is C20H20N2O3S. The van der Waals surface area contributed by atoms with Gasteiger partial charge in [-0.25, -0.2) is 9.78 Å². The Hall–Kier alpha value is -2.86. The maximum atomic E-state index is 11.7. The van der Waals surface area contributed by atoms with Crippen LogP contribution in [0.25, 0.3) is 11.3 Å². The maximum absolute atomic E-state index is 11.7. The molecule has 0 aliphatic rings. The van der Waals surface area contributed by atoms with Crippen molar-refractivity contribution in [3.05, 3.63) is 58.5 Å². The lowest BCUT2D eigenvalue weighted by Gasteiger charge is -2.10. The smallest absolute Gasteiger partial charge is 0.337 e. The van der Waals surface area contributed by atoms with Crippen LogP contribution in [0.2, 0.25) is 0 Å². The van der Waals surface area contributed by atoms with Gasteiger partial charge in [-0.2, -0.15) is 0 Å². The lowest BCUT2D eigenvalue weighted by atomic mass is 10.0. The molecule has 0 bridgehead atoms. The number of nitrogens with zero attached hydrogens (tertiary/aromatic N) is 1. The summed E-state index contributed by atoms with van der Waals surface area (Å²) < 4.78 is 10.1. The SMILES string of the molecule is COC(=O)c1cccc(Nc2nc(-c3c(C)cc(OC)cc3C)cs2)c1. The molecule has 134 valence electrons. The quantitative estimate of drug-likeness (QED) is 0.645. The second kappa shape index (κ2) is 7.58. The van der Waals surface area contributed by atoms with Crippen molar-refractivity contribution in [2.45, 2.75) is 13.8 Å². The van der Waals surface area contributed by atoms with E-state index in [2.05, 4.69) is 19.2 Å². The Morgan fingerprint density at radius 2 is 1.85 bits per heavy atom. The number of benzene rings is 2. The average Bonchev–Trinajstić information content (AvgIpc) is 3.08. The molecule has 0 amide bonds. The molecule has 1 N–H and O–H groups in total. The van der Waals surface area contributed by atoms with E-state index in [0.717, 1.165) is 39.0 Å². The van der Waals surface area contributed by atoms with Crippen molar-refractivity contribution in [2.24, 2.45) is 0 Å². The van der Waals surface area contributed by atoms with Crippen LogP contribution < -0.4 is 10.1 Å². The fourth-order valence-electron chi connectivity index (χ4n) is 2.86. The molecule has 26 heavy (non-hydrogen) atoms. The molecule has 0 aliphatic carbocycles. The summed E-state index contributed by atoms with van der Waals surface area (Å²) in [5.74, 6) is 0.481. The van der Waals surface area contributed by atoms with Gasteiger partial charge in [0, 0.05) is 16.6 Å². The molecule has 0 unspecified atom stereocenters. The van der Waals surface area contributed by atoms with E-state index in [1.165, 1.54) is 18.4 Å². The maximum Gasteiger partial charge on any atom is 0.337 e. The Bertz CT molecular complexity index is 927. The number of aryl methyl sites for hydroxylation is 2. The number of carbonyl (C=O) groups excluding carboxylic acids is 1. The van der Waals surface area contributed by atoms with E-state index in [1.807, 2.05) is 23.6 Å². The fourth-order valence-corrected chi connectivity index (χ4v) is 3.58. The van der Waals surface area contributed by atoms with Gasteiger partial charge in [-0.1, -0.05) is 6.07 Å². The average molecular weight is 368 g/mol. The van der Waals surface area contributed by atoms with Crippen LogP contribution in [0.1, 0.15) is 21.5 Å². The van der Waals surface area contributed by atoms with Gasteiger partial charge >= 0.3 is 5.97 Å². The van der Waals surface area contributed by atoms with Crippen molar-refractivity contribution in [1.82, 2.24) is 4.98 Å². The summed E-state index contributed by atoms with van der Waals surface area (Å²) in [4.78, 5) is 16.4. The molecule has 1 heterocycles. The van der Waals surface area contributed by atoms with Crippen LogP contribution in [0.5, 0.6) is 5.75 Å². The summed E-state index contributed by atoms with van der Waals surface area (Å²) in [5.41, 5.74) is 5.54. The molecule has 0 fully saturated rings. The zero-order chi connectivity index (χ0) is 18.7. The van der Waals surface area contributed by atoms with Crippen molar-refractivity contribution >= 4 is 28.1 Å². The molecular weight excluding hydrogens is 348 g/mol. The zero-order valence-corrected chi connectivity index (χ0v) is 15.9. The van der Waals surface area contributed by atoms with Gasteiger partial charge in [-0.05, 0) is 55.3 Å². The van der Waals surface area contributed by atoms with Crippen molar-refractivity contribution < 1.29 is 14.3 Å². The number of rotatable bonds is 5. The Balaban J connectivity index is 1.86. The summed E-state index contributed by atoms with van der Waals surface area (Å²) in [7, 11) is 3.04. The van der Waals surface area contributed by atoms with Gasteiger partial charge < -0.3 is 14.8 Å². The van der Waals surface area contributed by atoms with Crippen LogP contribution in [-0.2, 0) is 4.74 Å². The Morgan fingerprint density at radius 1 is 1.12 bits per heavy atom. The molecule has 6 heteroatoms. The number of nitrogens with one attached hydrogen (secondary N) is 1. The van der Waals surface area contributed by atoms with Gasteiger partial charge in [0.1, 0.15) is 5.75 Å². The summed E-state index contributed by atoms with van der Waals surface area (Å²) in [6.07, 6.45) is 0. The van der Waals surface area contributed by atoms with Crippen LogP contribution in [0.4, 0.5) is 10.8 Å². The number of methoxy groups -OCH3 is 2. The third-order valence-corrected chi connectivity index (χ3v) is 4.79. The minimum absolute atomic E-state index is 0.363. The molecule has 0 saturated heterocycles. The summed E-state index contributed by atoms with van der Waals surface area (Å²) in [6.45, 7) is 4.11. The molecule has 1 aromatic heterocycles. The highest BCUT2D eigenvalue weighted by atomic mass is 32.1. The molecule has 5 nitrogen and oxygen atoms in total. The molecule has 0 spiro atoms. The van der Waals surface area contributed by atoms with Crippen LogP contribution >= 0.6 is 11.3 Å². The van der Waals surface area contributed by atoms with Gasteiger partial charge in [0.2, 0.25) is 0 Å². The Labute approximate surface area is 156 Å². The van der Waals surface area contributed by atoms with E-state index in [-0.39, 0.29) is 5.97 Å². The minimum atomic E-state index is -0.363. The molecule has 0 aliphatic heterocycles. The van der Waals surface area contributed by atoms with Crippen molar-refractivity contribution in [3.63, 3.8) is 0 Å². The zero-order valence-electron chi connectivity index (χ0n) is 15.1. The van der Waals surface area contributed by atoms with Crippen molar-refractivity contribution in [1.29, 1.82) is 0 Å². The highest BCUT2D eigenvalue weighted by molar-refractivity contribution is 7.14. The molecule has 0 saturated carbocycles. The largest absolute Gasteiger partial charge is 0.497 e. The third-order valence-electron chi connectivity index (χ3n) is 4.04. The first-order chi connectivity index (χ1) is 12.5. The van der Waals surface area contributed by atoms with E-state index in [9.17, 15) is 4.79 Å². The van der Waals surface area contributed by atoms with Crippen LogP contribution in [0, 0.1) is 13.8 Å². The van der Waals surface area contributed by atoms with E-state index in [1.54, 1.807) is 25.3 Å². The lowest BCUT2D eigenvalue weighted by Crippen LogP contribution is -2.01. The number of anilines is 2. The predicted octanol–water partition coefficient (Wildman–Crippen LogP) is 4.97. The first kappa shape index (κ1) is 17.9. The van der Waals surface area contributed by atoms with Gasteiger partial charge in [0.05, 0.1) is 25.5 Å². The first-order valence-electron chi connectivity index (χ1n) is 8.08. The number of thiazole rings is 1. The topological polar surface area (TPSA) is 60.5 Å². The standard InChI is InChI=1S/C20H20N2O3S/c1-12-8-16(24-3)9-13(2)18(12)17-11-26-20(22-17)21-15-7-5-6-14(10-15)19(23)25-4/h5-11H,1-4H3,(H,21,22). The van der Waals surface area contributed by atoms with Crippen LogP contribution in [0.3, 0.4) is 0 Å². The number of ether oxygens (including phenoxy) is 2. The predicted molar refractivity (Wildman–Crippen MR) is 105 cm³/mol. The molecule has 3 aromatic rings. The number of hydrogen-bond donors (Lipinski definition) is 1. The second-order valence-corrected chi connectivity index (χ2v) is 6.73. The van der Waals surface area contributed by atoms with Crippen LogP contribution in [-0.4, -0.2) is 25.2 Å². The second-order valence-electron chi connectivity index (χ2n) is 5.87. The summed E-state index contributed by atoms with van der Waals surface area (Å²) in [5, 5.41) is 6.03. The number of hydrogen-bond acceptors (Lipinski definition) is 6. The Kier molecular flexibility index (Phi) is 5.23. The highest BCUT2D eigenvalue weighted by Crippen LogP contribution is 2.33. The normalized spacial score (nSPS) is 10.5. The molecule has 3 rings (SSSR count). The molecule has 2 aromatic carbocycles. The van der Waals surface area contributed by atoms with E-state index in [0.29, 0.717) is 5.56 Å². The number of carbonyl (C=O) groups is 1. The van der Waals surface area contributed by atoms with Gasteiger partial charge in [0.25, 0.3) is 0 Å². The Morgan fingerprint density at radius 3 is 2.50 bits per heavy atom. The van der Waals surface area contributed by atoms with Crippen molar-refractivity contribution in [3.8, 4) is 17.0 Å². The lowest BCUT2D eigenvalue weighted by molar-refractivity contribution is 0.0601. The van der Waals surface area contributed by atoms with Crippen LogP contribution in [0.15, 0.2) is 41.8 Å². The molecule has 0 atom stereocenters. The van der Waals surface area contributed by atoms with E-state index >= 15 is 0 Å². The highest BCUT2D eigenvalue weighted by Gasteiger charge is 2.12. The van der Waals surface area contributed by atoms with Gasteiger partial charge in [-0.3, -0.25) is 0 Å². The first-order valence-corrected chi connectivity index (χ1v) is 8.96. The number of aromatic nitrogens is 1. The van der Waals surface area contributed by atoms with E-state index < -0.39 is 0 Å². The number of esters is 1. The third kappa shape index (κ3) is 3.70. The summed E-state index contributed by atoms with van der Waals surface area (Å²) in [6, 6.07) is 11.2. The van der Waals surface area contributed by atoms with E-state index in [4.69, 9.17) is 14.5 Å².